The highest BCUT2D eigenvalue weighted by Gasteiger charge is 2.07. The molecule has 106 valence electrons. The second kappa shape index (κ2) is 7.29. The lowest BCUT2D eigenvalue weighted by Gasteiger charge is -2.13. The monoisotopic (exact) mass is 291 g/mol. The molecule has 0 radical (unpaired) electrons. The lowest BCUT2D eigenvalue weighted by molar-refractivity contribution is 0.174. The number of nitrogens with one attached hydrogen (secondary N) is 1. The van der Waals surface area contributed by atoms with Crippen LogP contribution in [0.4, 0.5) is 0 Å². The molecule has 0 aliphatic rings. The quantitative estimate of drug-likeness (QED) is 0.859. The Morgan fingerprint density at radius 2 is 1.85 bits per heavy atom. The summed E-state index contributed by atoms with van der Waals surface area (Å²) in [4.78, 5) is 0. The fourth-order valence-electron chi connectivity index (χ4n) is 2.00. The Labute approximate surface area is 124 Å². The van der Waals surface area contributed by atoms with E-state index in [-0.39, 0.29) is 0 Å². The fraction of sp³-hybridized carbons (Fsp3) is 0.250. The Hall–Kier alpha value is -1.55. The average Bonchev–Trinajstić information content (AvgIpc) is 2.48. The van der Waals surface area contributed by atoms with Gasteiger partial charge in [-0.25, -0.2) is 0 Å². The van der Waals surface area contributed by atoms with Crippen molar-refractivity contribution >= 4 is 11.6 Å². The van der Waals surface area contributed by atoms with E-state index in [1.807, 2.05) is 36.4 Å². The molecule has 0 aliphatic carbocycles. The zero-order valence-corrected chi connectivity index (χ0v) is 12.1. The van der Waals surface area contributed by atoms with E-state index < -0.39 is 6.10 Å². The molecule has 20 heavy (non-hydrogen) atoms. The molecule has 0 heterocycles. The second-order valence-electron chi connectivity index (χ2n) is 4.51. The highest BCUT2D eigenvalue weighted by atomic mass is 35.5. The highest BCUT2D eigenvalue weighted by molar-refractivity contribution is 6.30. The molecule has 2 N–H and O–H groups in total. The van der Waals surface area contributed by atoms with E-state index in [0.717, 1.165) is 16.9 Å². The summed E-state index contributed by atoms with van der Waals surface area (Å²) in [5.74, 6) is 0.848. The van der Waals surface area contributed by atoms with E-state index in [4.69, 9.17) is 16.3 Å². The van der Waals surface area contributed by atoms with Gasteiger partial charge in [-0.1, -0.05) is 41.9 Å². The van der Waals surface area contributed by atoms with E-state index in [1.54, 1.807) is 19.2 Å². The predicted molar refractivity (Wildman–Crippen MR) is 81.1 cm³/mol. The van der Waals surface area contributed by atoms with Crippen LogP contribution >= 0.6 is 11.6 Å². The van der Waals surface area contributed by atoms with E-state index in [9.17, 15) is 5.11 Å². The molecule has 4 heteroatoms. The topological polar surface area (TPSA) is 41.5 Å². The number of halogens is 1. The zero-order chi connectivity index (χ0) is 14.4. The van der Waals surface area contributed by atoms with Crippen LogP contribution in [-0.4, -0.2) is 18.8 Å². The van der Waals surface area contributed by atoms with E-state index in [0.29, 0.717) is 18.1 Å². The van der Waals surface area contributed by atoms with Crippen LogP contribution in [0.1, 0.15) is 17.2 Å². The third-order valence-electron chi connectivity index (χ3n) is 3.10. The molecule has 0 aromatic heterocycles. The third kappa shape index (κ3) is 3.97. The number of rotatable bonds is 6. The number of para-hydroxylation sites is 1. The van der Waals surface area contributed by atoms with Crippen molar-refractivity contribution in [1.29, 1.82) is 0 Å². The summed E-state index contributed by atoms with van der Waals surface area (Å²) in [6.45, 7) is 1.12. The molecule has 0 aliphatic heterocycles. The fourth-order valence-corrected chi connectivity index (χ4v) is 2.12. The minimum atomic E-state index is -0.554. The van der Waals surface area contributed by atoms with Crippen LogP contribution in [0.5, 0.6) is 5.75 Å². The van der Waals surface area contributed by atoms with Gasteiger partial charge in [0.15, 0.2) is 0 Å². The molecular weight excluding hydrogens is 274 g/mol. The van der Waals surface area contributed by atoms with Crippen molar-refractivity contribution in [2.75, 3.05) is 13.7 Å². The summed E-state index contributed by atoms with van der Waals surface area (Å²) in [7, 11) is 1.65. The van der Waals surface area contributed by atoms with Gasteiger partial charge in [-0.3, -0.25) is 0 Å². The Kier molecular flexibility index (Phi) is 5.41. The zero-order valence-electron chi connectivity index (χ0n) is 11.3. The number of ether oxygens (including phenoxy) is 1. The average molecular weight is 292 g/mol. The smallest absolute Gasteiger partial charge is 0.123 e. The number of aliphatic hydroxyl groups is 1. The Bertz CT molecular complexity index is 542. The molecule has 1 atom stereocenters. The Morgan fingerprint density at radius 1 is 1.15 bits per heavy atom. The number of hydrogen-bond donors (Lipinski definition) is 2. The van der Waals surface area contributed by atoms with Crippen LogP contribution in [0.3, 0.4) is 0 Å². The summed E-state index contributed by atoms with van der Waals surface area (Å²) in [6, 6.07) is 15.0. The van der Waals surface area contributed by atoms with Crippen molar-refractivity contribution in [3.63, 3.8) is 0 Å². The van der Waals surface area contributed by atoms with Gasteiger partial charge in [0.1, 0.15) is 5.75 Å². The second-order valence-corrected chi connectivity index (χ2v) is 4.95. The van der Waals surface area contributed by atoms with Gasteiger partial charge in [-0.15, -0.1) is 0 Å². The molecular formula is C16H18ClNO2. The summed E-state index contributed by atoms with van der Waals surface area (Å²) in [6.07, 6.45) is -0.554. The van der Waals surface area contributed by atoms with Crippen LogP contribution in [0.2, 0.25) is 5.02 Å². The third-order valence-corrected chi connectivity index (χ3v) is 3.35. The molecule has 0 saturated heterocycles. The summed E-state index contributed by atoms with van der Waals surface area (Å²) < 4.78 is 5.28. The van der Waals surface area contributed by atoms with Crippen molar-refractivity contribution in [1.82, 2.24) is 5.32 Å². The van der Waals surface area contributed by atoms with Crippen LogP contribution in [0.25, 0.3) is 0 Å². The van der Waals surface area contributed by atoms with E-state index >= 15 is 0 Å². The first-order chi connectivity index (χ1) is 9.70. The molecule has 2 aromatic rings. The molecule has 2 aromatic carbocycles. The van der Waals surface area contributed by atoms with Crippen LogP contribution in [-0.2, 0) is 6.54 Å². The van der Waals surface area contributed by atoms with Gasteiger partial charge >= 0.3 is 0 Å². The standard InChI is InChI=1S/C16H18ClNO2/c1-20-16-5-3-2-4-13(16)10-18-11-15(19)12-6-8-14(17)9-7-12/h2-9,15,18-19H,10-11H2,1H3. The van der Waals surface area contributed by atoms with Crippen molar-refractivity contribution in [3.8, 4) is 5.75 Å². The summed E-state index contributed by atoms with van der Waals surface area (Å²) in [5.41, 5.74) is 1.92. The van der Waals surface area contributed by atoms with Gasteiger partial charge in [-0.05, 0) is 23.8 Å². The van der Waals surface area contributed by atoms with Crippen LogP contribution < -0.4 is 10.1 Å². The number of hydrogen-bond acceptors (Lipinski definition) is 3. The first kappa shape index (κ1) is 14.9. The summed E-state index contributed by atoms with van der Waals surface area (Å²) >= 11 is 5.82. The largest absolute Gasteiger partial charge is 0.496 e. The number of benzene rings is 2. The predicted octanol–water partition coefficient (Wildman–Crippen LogP) is 3.17. The van der Waals surface area contributed by atoms with Crippen molar-refractivity contribution in [2.24, 2.45) is 0 Å². The molecule has 3 nitrogen and oxygen atoms in total. The molecule has 0 bridgehead atoms. The van der Waals surface area contributed by atoms with Gasteiger partial charge in [0.2, 0.25) is 0 Å². The number of aliphatic hydroxyl groups excluding tert-OH is 1. The Morgan fingerprint density at radius 3 is 2.55 bits per heavy atom. The summed E-state index contributed by atoms with van der Waals surface area (Å²) in [5, 5.41) is 14.0. The molecule has 1 unspecified atom stereocenters. The lowest BCUT2D eigenvalue weighted by Crippen LogP contribution is -2.21. The number of methoxy groups -OCH3 is 1. The van der Waals surface area contributed by atoms with E-state index in [1.165, 1.54) is 0 Å². The maximum absolute atomic E-state index is 10.1. The minimum Gasteiger partial charge on any atom is -0.496 e. The molecule has 0 saturated carbocycles. The van der Waals surface area contributed by atoms with Gasteiger partial charge < -0.3 is 15.2 Å². The van der Waals surface area contributed by atoms with Crippen molar-refractivity contribution in [2.45, 2.75) is 12.6 Å². The lowest BCUT2D eigenvalue weighted by atomic mass is 10.1. The SMILES string of the molecule is COc1ccccc1CNCC(O)c1ccc(Cl)cc1. The minimum absolute atomic E-state index is 0.472. The van der Waals surface area contributed by atoms with Gasteiger partial charge in [0, 0.05) is 23.7 Å². The molecule has 0 spiro atoms. The van der Waals surface area contributed by atoms with Crippen molar-refractivity contribution < 1.29 is 9.84 Å². The van der Waals surface area contributed by atoms with Crippen LogP contribution in [0.15, 0.2) is 48.5 Å². The molecule has 0 amide bonds. The van der Waals surface area contributed by atoms with Gasteiger partial charge in [-0.2, -0.15) is 0 Å². The van der Waals surface area contributed by atoms with Gasteiger partial charge in [0.25, 0.3) is 0 Å². The van der Waals surface area contributed by atoms with Crippen LogP contribution in [0, 0.1) is 0 Å². The maximum atomic E-state index is 10.1. The highest BCUT2D eigenvalue weighted by Crippen LogP contribution is 2.18. The molecule has 2 rings (SSSR count). The Balaban J connectivity index is 1.87. The van der Waals surface area contributed by atoms with Gasteiger partial charge in [0.05, 0.1) is 13.2 Å². The normalized spacial score (nSPS) is 12.2. The maximum Gasteiger partial charge on any atom is 0.123 e. The van der Waals surface area contributed by atoms with Crippen molar-refractivity contribution in [3.05, 3.63) is 64.7 Å². The molecule has 0 fully saturated rings. The first-order valence-corrected chi connectivity index (χ1v) is 6.84. The van der Waals surface area contributed by atoms with E-state index in [2.05, 4.69) is 5.32 Å². The first-order valence-electron chi connectivity index (χ1n) is 6.47.